The molecule has 0 unspecified atom stereocenters. The third kappa shape index (κ3) is 3.23. The Morgan fingerprint density at radius 2 is 1.58 bits per heavy atom. The summed E-state index contributed by atoms with van der Waals surface area (Å²) < 4.78 is 20.9. The van der Waals surface area contributed by atoms with E-state index in [1.165, 1.54) is 21.3 Å². The van der Waals surface area contributed by atoms with E-state index in [4.69, 9.17) is 18.7 Å². The summed E-state index contributed by atoms with van der Waals surface area (Å²) in [5.74, 6) is 0.935. The molecule has 0 bridgehead atoms. The third-order valence-corrected chi connectivity index (χ3v) is 3.86. The number of carbonyl (C=O) groups is 1. The number of hydrogen-bond acceptors (Lipinski definition) is 7. The van der Waals surface area contributed by atoms with Gasteiger partial charge < -0.3 is 18.7 Å². The van der Waals surface area contributed by atoms with Crippen molar-refractivity contribution >= 4 is 5.78 Å². The van der Waals surface area contributed by atoms with Crippen molar-refractivity contribution in [2.45, 2.75) is 6.92 Å². The van der Waals surface area contributed by atoms with E-state index in [0.717, 1.165) is 11.1 Å². The fraction of sp³-hybridized carbons (Fsp3) is 0.211. The van der Waals surface area contributed by atoms with Crippen molar-refractivity contribution in [2.75, 3.05) is 21.3 Å². The van der Waals surface area contributed by atoms with Gasteiger partial charge in [-0.15, -0.1) is 0 Å². The molecule has 0 aliphatic rings. The molecule has 0 aliphatic heterocycles. The number of nitrogens with zero attached hydrogens (tertiary/aromatic N) is 2. The van der Waals surface area contributed by atoms with Gasteiger partial charge in [-0.3, -0.25) is 4.79 Å². The van der Waals surface area contributed by atoms with Gasteiger partial charge in [-0.05, 0) is 19.1 Å². The first-order valence-corrected chi connectivity index (χ1v) is 7.82. The molecule has 0 amide bonds. The van der Waals surface area contributed by atoms with Gasteiger partial charge in [0.2, 0.25) is 11.6 Å². The van der Waals surface area contributed by atoms with E-state index in [2.05, 4.69) is 10.1 Å². The first-order chi connectivity index (χ1) is 12.6. The van der Waals surface area contributed by atoms with Crippen LogP contribution in [0.5, 0.6) is 17.2 Å². The molecule has 0 radical (unpaired) electrons. The zero-order valence-corrected chi connectivity index (χ0v) is 14.9. The molecule has 3 rings (SSSR count). The van der Waals surface area contributed by atoms with E-state index in [1.54, 1.807) is 12.1 Å². The molecule has 1 heterocycles. The Balaban J connectivity index is 1.96. The molecular formula is C19H18N2O5. The number of carbonyl (C=O) groups excluding carboxylic acids is 1. The van der Waals surface area contributed by atoms with Crippen molar-refractivity contribution in [3.8, 4) is 28.6 Å². The predicted octanol–water partition coefficient (Wildman–Crippen LogP) is 3.30. The number of methoxy groups -OCH3 is 3. The maximum absolute atomic E-state index is 12.7. The van der Waals surface area contributed by atoms with Gasteiger partial charge in [0.25, 0.3) is 11.7 Å². The largest absolute Gasteiger partial charge is 0.493 e. The fourth-order valence-corrected chi connectivity index (χ4v) is 2.47. The van der Waals surface area contributed by atoms with E-state index >= 15 is 0 Å². The average molecular weight is 354 g/mol. The Bertz CT molecular complexity index is 906. The minimum Gasteiger partial charge on any atom is -0.493 e. The van der Waals surface area contributed by atoms with E-state index in [-0.39, 0.29) is 5.89 Å². The number of aromatic nitrogens is 2. The van der Waals surface area contributed by atoms with E-state index in [1.807, 2.05) is 31.2 Å². The van der Waals surface area contributed by atoms with Crippen molar-refractivity contribution in [1.82, 2.24) is 10.1 Å². The molecule has 134 valence electrons. The Morgan fingerprint density at radius 3 is 2.12 bits per heavy atom. The highest BCUT2D eigenvalue weighted by Crippen LogP contribution is 2.38. The van der Waals surface area contributed by atoms with Gasteiger partial charge in [0.1, 0.15) is 0 Å². The van der Waals surface area contributed by atoms with Crippen LogP contribution in [0.2, 0.25) is 0 Å². The van der Waals surface area contributed by atoms with Crippen molar-refractivity contribution < 1.29 is 23.5 Å². The van der Waals surface area contributed by atoms with Gasteiger partial charge in [0.15, 0.2) is 11.5 Å². The molecule has 0 N–H and O–H groups in total. The topological polar surface area (TPSA) is 83.7 Å². The molecule has 1 aromatic heterocycles. The number of rotatable bonds is 6. The summed E-state index contributed by atoms with van der Waals surface area (Å²) in [5, 5.41) is 3.89. The zero-order valence-electron chi connectivity index (χ0n) is 14.9. The molecular weight excluding hydrogens is 336 g/mol. The summed E-state index contributed by atoms with van der Waals surface area (Å²) in [4.78, 5) is 16.9. The highest BCUT2D eigenvalue weighted by atomic mass is 16.5. The average Bonchev–Trinajstić information content (AvgIpc) is 3.16. The van der Waals surface area contributed by atoms with Gasteiger partial charge >= 0.3 is 0 Å². The predicted molar refractivity (Wildman–Crippen MR) is 94.0 cm³/mol. The van der Waals surface area contributed by atoms with Crippen LogP contribution in [0.1, 0.15) is 21.8 Å². The number of ketones is 1. The van der Waals surface area contributed by atoms with Crippen LogP contribution in [0.15, 0.2) is 40.9 Å². The Labute approximate surface area is 150 Å². The summed E-state index contributed by atoms with van der Waals surface area (Å²) in [6.45, 7) is 1.99. The molecule has 0 fully saturated rings. The van der Waals surface area contributed by atoms with Crippen LogP contribution in [0.3, 0.4) is 0 Å². The van der Waals surface area contributed by atoms with Crippen molar-refractivity contribution in [3.63, 3.8) is 0 Å². The normalized spacial score (nSPS) is 10.5. The smallest absolute Gasteiger partial charge is 0.299 e. The van der Waals surface area contributed by atoms with E-state index < -0.39 is 5.78 Å². The van der Waals surface area contributed by atoms with Crippen LogP contribution >= 0.6 is 0 Å². The van der Waals surface area contributed by atoms with Crippen LogP contribution in [0.25, 0.3) is 11.4 Å². The first kappa shape index (κ1) is 17.5. The van der Waals surface area contributed by atoms with Crippen molar-refractivity contribution in [3.05, 3.63) is 53.4 Å². The summed E-state index contributed by atoms with van der Waals surface area (Å²) >= 11 is 0. The molecule has 3 aromatic rings. The quantitative estimate of drug-likeness (QED) is 0.628. The van der Waals surface area contributed by atoms with Gasteiger partial charge in [0, 0.05) is 11.1 Å². The number of aryl methyl sites for hydroxylation is 1. The van der Waals surface area contributed by atoms with Crippen LogP contribution in [0, 0.1) is 6.92 Å². The maximum atomic E-state index is 12.7. The number of hydrogen-bond donors (Lipinski definition) is 0. The SMILES string of the molecule is COc1cc(C(=O)c2nc(-c3ccc(C)cc3)no2)cc(OC)c1OC. The van der Waals surface area contributed by atoms with Gasteiger partial charge in [-0.1, -0.05) is 35.0 Å². The van der Waals surface area contributed by atoms with Gasteiger partial charge in [-0.2, -0.15) is 4.98 Å². The summed E-state index contributed by atoms with van der Waals surface area (Å²) in [7, 11) is 4.45. The maximum Gasteiger partial charge on any atom is 0.299 e. The van der Waals surface area contributed by atoms with Crippen molar-refractivity contribution in [2.24, 2.45) is 0 Å². The highest BCUT2D eigenvalue weighted by Gasteiger charge is 2.22. The second-order valence-electron chi connectivity index (χ2n) is 5.53. The lowest BCUT2D eigenvalue weighted by molar-refractivity contribution is 0.0993. The van der Waals surface area contributed by atoms with Gasteiger partial charge in [0.05, 0.1) is 21.3 Å². The Kier molecular flexibility index (Phi) is 4.88. The molecule has 0 saturated heterocycles. The standard InChI is InChI=1S/C19H18N2O5/c1-11-5-7-12(8-6-11)18-20-19(26-21-18)16(22)13-9-14(23-2)17(25-4)15(10-13)24-3/h5-10H,1-4H3. The fourth-order valence-electron chi connectivity index (χ4n) is 2.47. The summed E-state index contributed by atoms with van der Waals surface area (Å²) in [6.07, 6.45) is 0. The second kappa shape index (κ2) is 7.26. The van der Waals surface area contributed by atoms with Crippen LogP contribution < -0.4 is 14.2 Å². The van der Waals surface area contributed by atoms with Gasteiger partial charge in [-0.25, -0.2) is 0 Å². The third-order valence-electron chi connectivity index (χ3n) is 3.86. The van der Waals surface area contributed by atoms with E-state index in [0.29, 0.717) is 28.6 Å². The Morgan fingerprint density at radius 1 is 0.962 bits per heavy atom. The van der Waals surface area contributed by atoms with E-state index in [9.17, 15) is 4.79 Å². The molecule has 7 nitrogen and oxygen atoms in total. The molecule has 0 aliphatic carbocycles. The zero-order chi connectivity index (χ0) is 18.7. The monoisotopic (exact) mass is 354 g/mol. The minimum atomic E-state index is -0.435. The number of benzene rings is 2. The number of ether oxygens (including phenoxy) is 3. The first-order valence-electron chi connectivity index (χ1n) is 7.82. The molecule has 7 heteroatoms. The lowest BCUT2D eigenvalue weighted by Gasteiger charge is -2.12. The van der Waals surface area contributed by atoms with Crippen molar-refractivity contribution in [1.29, 1.82) is 0 Å². The molecule has 2 aromatic carbocycles. The molecule has 0 atom stereocenters. The lowest BCUT2D eigenvalue weighted by Crippen LogP contribution is -2.04. The molecule has 26 heavy (non-hydrogen) atoms. The summed E-state index contributed by atoms with van der Waals surface area (Å²) in [5.41, 5.74) is 2.17. The minimum absolute atomic E-state index is 0.116. The summed E-state index contributed by atoms with van der Waals surface area (Å²) in [6, 6.07) is 10.7. The van der Waals surface area contributed by atoms with Crippen LogP contribution in [-0.2, 0) is 0 Å². The molecule has 0 saturated carbocycles. The molecule has 0 spiro atoms. The lowest BCUT2D eigenvalue weighted by atomic mass is 10.1. The van der Waals surface area contributed by atoms with Crippen LogP contribution in [-0.4, -0.2) is 37.3 Å². The second-order valence-corrected chi connectivity index (χ2v) is 5.53. The van der Waals surface area contributed by atoms with Crippen LogP contribution in [0.4, 0.5) is 0 Å². The Hall–Kier alpha value is -3.35. The highest BCUT2D eigenvalue weighted by molar-refractivity contribution is 6.06.